The van der Waals surface area contributed by atoms with E-state index in [1.165, 1.54) is 5.56 Å². The molecule has 2 aromatic carbocycles. The Morgan fingerprint density at radius 1 is 1.00 bits per heavy atom. The number of nitrogens with two attached hydrogens (primary N) is 1. The first-order valence-corrected chi connectivity index (χ1v) is 10.8. The fourth-order valence-electron chi connectivity index (χ4n) is 2.83. The summed E-state index contributed by atoms with van der Waals surface area (Å²) >= 11 is 0. The molecular weight excluding hydrogens is 406 g/mol. The van der Waals surface area contributed by atoms with Crippen molar-refractivity contribution in [1.82, 2.24) is 16.0 Å². The van der Waals surface area contributed by atoms with Crippen LogP contribution < -0.4 is 21.7 Å². The summed E-state index contributed by atoms with van der Waals surface area (Å²) in [5, 5.41) is 9.05. The fourth-order valence-corrected chi connectivity index (χ4v) is 2.83. The Labute approximate surface area is 189 Å². The third-order valence-electron chi connectivity index (χ3n) is 4.54. The minimum Gasteiger partial charge on any atom is -0.376 e. The first-order chi connectivity index (χ1) is 15.5. The summed E-state index contributed by atoms with van der Waals surface area (Å²) in [6.45, 7) is 7.18. The van der Waals surface area contributed by atoms with E-state index in [1.807, 2.05) is 37.3 Å². The quantitative estimate of drug-likeness (QED) is 0.297. The zero-order chi connectivity index (χ0) is 23.2. The standard InChI is InChI=1S/C24H33N5O3/c1-3-26-24(28-13-18(2)16-32-17-20-7-5-4-6-8-20)29-14-19-9-11-21(12-10-19)23(31)27-15-22(25)30/h4-12,18H,3,13-17H2,1-2H3,(H2,25,30)(H,27,31)(H2,26,28,29). The molecule has 8 heteroatoms. The van der Waals surface area contributed by atoms with Crippen molar-refractivity contribution in [2.45, 2.75) is 27.0 Å². The van der Waals surface area contributed by atoms with Crippen LogP contribution in [0.15, 0.2) is 59.6 Å². The van der Waals surface area contributed by atoms with Gasteiger partial charge in [-0.2, -0.15) is 0 Å². The molecule has 2 aromatic rings. The van der Waals surface area contributed by atoms with Crippen LogP contribution in [0.1, 0.15) is 35.3 Å². The normalized spacial score (nSPS) is 12.1. The molecule has 0 aliphatic carbocycles. The van der Waals surface area contributed by atoms with E-state index in [9.17, 15) is 9.59 Å². The van der Waals surface area contributed by atoms with E-state index in [1.54, 1.807) is 12.1 Å². The summed E-state index contributed by atoms with van der Waals surface area (Å²) in [4.78, 5) is 27.3. The fraction of sp³-hybridized carbons (Fsp3) is 0.375. The molecule has 0 aliphatic rings. The van der Waals surface area contributed by atoms with Crippen molar-refractivity contribution in [3.63, 3.8) is 0 Å². The highest BCUT2D eigenvalue weighted by atomic mass is 16.5. The van der Waals surface area contributed by atoms with E-state index < -0.39 is 5.91 Å². The van der Waals surface area contributed by atoms with Gasteiger partial charge in [0.1, 0.15) is 0 Å². The number of hydrogen-bond acceptors (Lipinski definition) is 4. The SMILES string of the molecule is CCNC(=NCc1ccc(C(=O)NCC(N)=O)cc1)NCC(C)COCc1ccccc1. The number of hydrogen-bond donors (Lipinski definition) is 4. The number of primary amides is 1. The summed E-state index contributed by atoms with van der Waals surface area (Å²) in [6.07, 6.45) is 0. The summed E-state index contributed by atoms with van der Waals surface area (Å²) < 4.78 is 5.81. The molecule has 8 nitrogen and oxygen atoms in total. The zero-order valence-corrected chi connectivity index (χ0v) is 18.8. The number of nitrogens with one attached hydrogen (secondary N) is 3. The van der Waals surface area contributed by atoms with E-state index in [2.05, 4.69) is 40.0 Å². The number of rotatable bonds is 12. The maximum absolute atomic E-state index is 11.9. The van der Waals surface area contributed by atoms with E-state index in [0.29, 0.717) is 31.2 Å². The molecule has 0 saturated carbocycles. The molecule has 32 heavy (non-hydrogen) atoms. The van der Waals surface area contributed by atoms with Crippen LogP contribution in [0.5, 0.6) is 0 Å². The van der Waals surface area contributed by atoms with Crippen molar-refractivity contribution in [1.29, 1.82) is 0 Å². The van der Waals surface area contributed by atoms with Crippen LogP contribution in [0.3, 0.4) is 0 Å². The van der Waals surface area contributed by atoms with Crippen LogP contribution in [-0.4, -0.2) is 44.0 Å². The predicted octanol–water partition coefficient (Wildman–Crippen LogP) is 1.81. The number of guanidine groups is 1. The van der Waals surface area contributed by atoms with Crippen molar-refractivity contribution in [2.24, 2.45) is 16.6 Å². The minimum atomic E-state index is -0.579. The first kappa shape index (κ1) is 24.9. The molecule has 0 bridgehead atoms. The Morgan fingerprint density at radius 2 is 1.72 bits per heavy atom. The highest BCUT2D eigenvalue weighted by molar-refractivity contribution is 5.96. The third kappa shape index (κ3) is 9.61. The molecule has 0 aliphatic heterocycles. The van der Waals surface area contributed by atoms with E-state index >= 15 is 0 Å². The average molecular weight is 440 g/mol. The second-order valence-corrected chi connectivity index (χ2v) is 7.53. The van der Waals surface area contributed by atoms with Crippen molar-refractivity contribution in [2.75, 3.05) is 26.2 Å². The summed E-state index contributed by atoms with van der Waals surface area (Å²) in [6, 6.07) is 17.2. The second-order valence-electron chi connectivity index (χ2n) is 7.53. The van der Waals surface area contributed by atoms with Crippen LogP contribution in [-0.2, 0) is 22.7 Å². The van der Waals surface area contributed by atoms with Crippen molar-refractivity contribution in [3.8, 4) is 0 Å². The minimum absolute atomic E-state index is 0.182. The van der Waals surface area contributed by atoms with Crippen LogP contribution >= 0.6 is 0 Å². The summed E-state index contributed by atoms with van der Waals surface area (Å²) in [5.41, 5.74) is 7.64. The molecular formula is C24H33N5O3. The van der Waals surface area contributed by atoms with Crippen molar-refractivity contribution >= 4 is 17.8 Å². The summed E-state index contributed by atoms with van der Waals surface area (Å²) in [5.74, 6) is 0.133. The molecule has 0 aromatic heterocycles. The summed E-state index contributed by atoms with van der Waals surface area (Å²) in [7, 11) is 0. The van der Waals surface area contributed by atoms with Crippen molar-refractivity contribution in [3.05, 3.63) is 71.3 Å². The molecule has 2 amide bonds. The molecule has 1 atom stereocenters. The van der Waals surface area contributed by atoms with Gasteiger partial charge in [0.2, 0.25) is 5.91 Å². The average Bonchev–Trinajstić information content (AvgIpc) is 2.80. The van der Waals surface area contributed by atoms with Crippen LogP contribution in [0.4, 0.5) is 0 Å². The van der Waals surface area contributed by atoms with E-state index in [0.717, 1.165) is 24.6 Å². The van der Waals surface area contributed by atoms with Crippen molar-refractivity contribution < 1.29 is 14.3 Å². The molecule has 2 rings (SSSR count). The van der Waals surface area contributed by atoms with Gasteiger partial charge in [-0.25, -0.2) is 4.99 Å². The zero-order valence-electron chi connectivity index (χ0n) is 18.8. The molecule has 172 valence electrons. The molecule has 0 heterocycles. The Morgan fingerprint density at radius 3 is 2.38 bits per heavy atom. The Bertz CT molecular complexity index is 869. The number of amides is 2. The third-order valence-corrected chi connectivity index (χ3v) is 4.54. The van der Waals surface area contributed by atoms with Crippen LogP contribution in [0, 0.1) is 5.92 Å². The monoisotopic (exact) mass is 439 g/mol. The lowest BCUT2D eigenvalue weighted by atomic mass is 10.1. The van der Waals surface area contributed by atoms with Gasteiger partial charge in [0, 0.05) is 18.7 Å². The second kappa shape index (κ2) is 13.8. The number of nitrogens with zero attached hydrogens (tertiary/aromatic N) is 1. The van der Waals surface area contributed by atoms with Gasteiger partial charge < -0.3 is 26.4 Å². The smallest absolute Gasteiger partial charge is 0.251 e. The molecule has 1 unspecified atom stereocenters. The Hall–Kier alpha value is -3.39. The molecule has 0 spiro atoms. The molecule has 5 N–H and O–H groups in total. The highest BCUT2D eigenvalue weighted by Crippen LogP contribution is 2.06. The topological polar surface area (TPSA) is 118 Å². The Balaban J connectivity index is 1.78. The van der Waals surface area contributed by atoms with Gasteiger partial charge in [-0.1, -0.05) is 49.4 Å². The van der Waals surface area contributed by atoms with E-state index in [-0.39, 0.29) is 12.5 Å². The van der Waals surface area contributed by atoms with Gasteiger partial charge in [0.05, 0.1) is 26.3 Å². The first-order valence-electron chi connectivity index (χ1n) is 10.8. The lowest BCUT2D eigenvalue weighted by Gasteiger charge is -2.16. The molecule has 0 saturated heterocycles. The maximum atomic E-state index is 11.9. The predicted molar refractivity (Wildman–Crippen MR) is 126 cm³/mol. The van der Waals surface area contributed by atoms with E-state index in [4.69, 9.17) is 10.5 Å². The van der Waals surface area contributed by atoms with Gasteiger partial charge in [0.25, 0.3) is 5.91 Å². The molecule has 0 radical (unpaired) electrons. The Kier molecular flexibility index (Phi) is 10.7. The number of aliphatic imine (C=N–C) groups is 1. The van der Waals surface area contributed by atoms with Gasteiger partial charge in [-0.15, -0.1) is 0 Å². The van der Waals surface area contributed by atoms with Crippen LogP contribution in [0.2, 0.25) is 0 Å². The van der Waals surface area contributed by atoms with Gasteiger partial charge in [-0.05, 0) is 36.1 Å². The number of carbonyl (C=O) groups excluding carboxylic acids is 2. The number of carbonyl (C=O) groups is 2. The lowest BCUT2D eigenvalue weighted by Crippen LogP contribution is -2.40. The largest absolute Gasteiger partial charge is 0.376 e. The number of benzene rings is 2. The van der Waals surface area contributed by atoms with Gasteiger partial charge in [-0.3, -0.25) is 9.59 Å². The maximum Gasteiger partial charge on any atom is 0.251 e. The molecule has 0 fully saturated rings. The van der Waals surface area contributed by atoms with Gasteiger partial charge >= 0.3 is 0 Å². The highest BCUT2D eigenvalue weighted by Gasteiger charge is 2.07. The van der Waals surface area contributed by atoms with Gasteiger partial charge in [0.15, 0.2) is 5.96 Å². The number of ether oxygens (including phenoxy) is 1. The lowest BCUT2D eigenvalue weighted by molar-refractivity contribution is -0.117. The van der Waals surface area contributed by atoms with Crippen LogP contribution in [0.25, 0.3) is 0 Å².